The van der Waals surface area contributed by atoms with Crippen LogP contribution in [0.5, 0.6) is 0 Å². The second-order valence-electron chi connectivity index (χ2n) is 14.7. The second-order valence-corrected chi connectivity index (χ2v) is 14.7. The van der Waals surface area contributed by atoms with Gasteiger partial charge in [0.2, 0.25) is 0 Å². The predicted molar refractivity (Wildman–Crippen MR) is 233 cm³/mol. The highest BCUT2D eigenvalue weighted by Gasteiger charge is 2.15. The lowest BCUT2D eigenvalue weighted by Crippen LogP contribution is -2.28. The number of esters is 2. The minimum Gasteiger partial charge on any atom is -0.462 e. The molecule has 310 valence electrons. The van der Waals surface area contributed by atoms with Crippen LogP contribution in [0, 0.1) is 0 Å². The molecule has 0 aromatic rings. The lowest BCUT2D eigenvalue weighted by Gasteiger charge is -2.15. The fraction of sp³-hybridized carbons (Fsp3) is 0.714. The maximum Gasteiger partial charge on any atom is 0.306 e. The Hall–Kier alpha value is -2.66. The van der Waals surface area contributed by atoms with Gasteiger partial charge in [-0.25, -0.2) is 0 Å². The van der Waals surface area contributed by atoms with E-state index < -0.39 is 6.10 Å². The fourth-order valence-corrected chi connectivity index (χ4v) is 6.12. The van der Waals surface area contributed by atoms with Crippen molar-refractivity contribution < 1.29 is 24.2 Å². The summed E-state index contributed by atoms with van der Waals surface area (Å²) in [5, 5.41) is 9.57. The summed E-state index contributed by atoms with van der Waals surface area (Å²) in [6.45, 7) is 3.96. The van der Waals surface area contributed by atoms with E-state index in [4.69, 9.17) is 9.47 Å². The summed E-state index contributed by atoms with van der Waals surface area (Å²) in [6, 6.07) is 0. The van der Waals surface area contributed by atoms with Gasteiger partial charge in [0.1, 0.15) is 6.61 Å². The van der Waals surface area contributed by atoms with Crippen LogP contribution in [0.2, 0.25) is 0 Å². The minimum absolute atomic E-state index is 0.106. The van der Waals surface area contributed by atoms with Gasteiger partial charge in [0.15, 0.2) is 6.10 Å². The highest BCUT2D eigenvalue weighted by Crippen LogP contribution is 2.15. The SMILES string of the molecule is CC/C=C/C/C=C/C/C=C/C/C=C/C/C=C/CCCC(=O)O[C@@H](CO)COC(=O)CCC/C=C/CCCCCCCCCCCCCCCCCCCC. The molecule has 0 bridgehead atoms. The Kier molecular flexibility index (Phi) is 42.5. The summed E-state index contributed by atoms with van der Waals surface area (Å²) in [7, 11) is 0. The molecular weight excluding hydrogens is 669 g/mol. The minimum atomic E-state index is -0.815. The van der Waals surface area contributed by atoms with E-state index in [0.717, 1.165) is 57.8 Å². The summed E-state index contributed by atoms with van der Waals surface area (Å²) in [5.74, 6) is -0.697. The van der Waals surface area contributed by atoms with Gasteiger partial charge < -0.3 is 14.6 Å². The van der Waals surface area contributed by atoms with Gasteiger partial charge in [-0.3, -0.25) is 9.59 Å². The molecular formula is C49H84O5. The van der Waals surface area contributed by atoms with Crippen LogP contribution in [0.1, 0.15) is 206 Å². The molecule has 5 nitrogen and oxygen atoms in total. The summed E-state index contributed by atoms with van der Waals surface area (Å²) in [6.07, 6.45) is 60.0. The number of allylic oxidation sites excluding steroid dienone is 12. The number of rotatable bonds is 40. The number of ether oxygens (including phenoxy) is 2. The zero-order chi connectivity index (χ0) is 39.3. The Labute approximate surface area is 333 Å². The fourth-order valence-electron chi connectivity index (χ4n) is 6.12. The van der Waals surface area contributed by atoms with E-state index in [0.29, 0.717) is 12.8 Å². The second kappa shape index (κ2) is 44.7. The zero-order valence-corrected chi connectivity index (χ0v) is 35.2. The molecule has 0 spiro atoms. The molecule has 1 atom stereocenters. The molecule has 0 unspecified atom stereocenters. The van der Waals surface area contributed by atoms with Gasteiger partial charge in [-0.2, -0.15) is 0 Å². The van der Waals surface area contributed by atoms with Crippen LogP contribution < -0.4 is 0 Å². The van der Waals surface area contributed by atoms with Crippen molar-refractivity contribution in [2.45, 2.75) is 213 Å². The van der Waals surface area contributed by atoms with Gasteiger partial charge in [-0.15, -0.1) is 0 Å². The monoisotopic (exact) mass is 753 g/mol. The molecule has 0 amide bonds. The van der Waals surface area contributed by atoms with Crippen LogP contribution >= 0.6 is 0 Å². The molecule has 1 N–H and O–H groups in total. The molecule has 0 aliphatic heterocycles. The van der Waals surface area contributed by atoms with Crippen molar-refractivity contribution in [1.29, 1.82) is 0 Å². The van der Waals surface area contributed by atoms with Crippen molar-refractivity contribution in [1.82, 2.24) is 0 Å². The van der Waals surface area contributed by atoms with Crippen LogP contribution in [-0.4, -0.2) is 36.4 Å². The third kappa shape index (κ3) is 42.1. The molecule has 54 heavy (non-hydrogen) atoms. The number of unbranched alkanes of at least 4 members (excludes halogenated alkanes) is 20. The Morgan fingerprint density at radius 3 is 1.22 bits per heavy atom. The molecule has 0 aromatic carbocycles. The van der Waals surface area contributed by atoms with E-state index in [1.54, 1.807) is 0 Å². The first-order valence-corrected chi connectivity index (χ1v) is 22.5. The molecule has 0 fully saturated rings. The maximum absolute atomic E-state index is 12.2. The molecule has 0 rings (SSSR count). The van der Waals surface area contributed by atoms with E-state index >= 15 is 0 Å². The molecule has 0 saturated carbocycles. The van der Waals surface area contributed by atoms with Crippen molar-refractivity contribution in [2.24, 2.45) is 0 Å². The van der Waals surface area contributed by atoms with Crippen molar-refractivity contribution in [3.8, 4) is 0 Å². The molecule has 0 aromatic heterocycles. The van der Waals surface area contributed by atoms with E-state index in [2.05, 4.69) is 86.8 Å². The van der Waals surface area contributed by atoms with Crippen LogP contribution in [-0.2, 0) is 19.1 Å². The highest BCUT2D eigenvalue weighted by atomic mass is 16.6. The third-order valence-electron chi connectivity index (χ3n) is 9.48. The smallest absolute Gasteiger partial charge is 0.306 e. The normalized spacial score (nSPS) is 12.9. The largest absolute Gasteiger partial charge is 0.462 e. The number of aliphatic hydroxyl groups excluding tert-OH is 1. The quantitative estimate of drug-likeness (QED) is 0.0383. The number of hydrogen-bond acceptors (Lipinski definition) is 5. The van der Waals surface area contributed by atoms with Crippen molar-refractivity contribution in [3.05, 3.63) is 72.9 Å². The first-order chi connectivity index (χ1) is 26.6. The number of aliphatic hydroxyl groups is 1. The van der Waals surface area contributed by atoms with Gasteiger partial charge in [-0.05, 0) is 70.6 Å². The molecule has 5 heteroatoms. The highest BCUT2D eigenvalue weighted by molar-refractivity contribution is 5.70. The zero-order valence-electron chi connectivity index (χ0n) is 35.2. The van der Waals surface area contributed by atoms with Gasteiger partial charge in [0, 0.05) is 12.8 Å². The van der Waals surface area contributed by atoms with Crippen molar-refractivity contribution >= 4 is 11.9 Å². The summed E-state index contributed by atoms with van der Waals surface area (Å²) < 4.78 is 10.6. The summed E-state index contributed by atoms with van der Waals surface area (Å²) in [5.41, 5.74) is 0. The topological polar surface area (TPSA) is 72.8 Å². The van der Waals surface area contributed by atoms with E-state index in [-0.39, 0.29) is 31.6 Å². The van der Waals surface area contributed by atoms with E-state index in [1.807, 2.05) is 0 Å². The van der Waals surface area contributed by atoms with E-state index in [9.17, 15) is 14.7 Å². The Morgan fingerprint density at radius 1 is 0.444 bits per heavy atom. The number of hydrogen-bond donors (Lipinski definition) is 1. The van der Waals surface area contributed by atoms with Gasteiger partial charge in [0.05, 0.1) is 6.61 Å². The molecule has 0 radical (unpaired) electrons. The van der Waals surface area contributed by atoms with Gasteiger partial charge >= 0.3 is 11.9 Å². The van der Waals surface area contributed by atoms with Crippen LogP contribution in [0.3, 0.4) is 0 Å². The summed E-state index contributed by atoms with van der Waals surface area (Å²) >= 11 is 0. The maximum atomic E-state index is 12.2. The molecule has 0 aliphatic rings. The Bertz CT molecular complexity index is 988. The molecule has 0 aliphatic carbocycles. The standard InChI is InChI=1S/C49H84O5/c1-3-5-7-9-11-13-15-17-19-21-22-23-24-25-26-28-29-31-33-35-37-39-41-43-48(51)53-46-47(45-50)54-49(52)44-42-40-38-36-34-32-30-27-20-18-16-14-12-10-8-6-4-2/h6,8,12,14,18,20,30,32,35-38,47,50H,3-5,7,9-11,13,15-17,19,21-29,31,33-34,39-46H2,1-2H3/b8-6+,14-12+,20-18+,32-30+,37-35+,38-36+/t47-/m0/s1. The molecule has 0 saturated heterocycles. The first kappa shape index (κ1) is 51.3. The number of carbonyl (C=O) groups is 2. The lowest BCUT2D eigenvalue weighted by atomic mass is 10.0. The van der Waals surface area contributed by atoms with Crippen molar-refractivity contribution in [2.75, 3.05) is 13.2 Å². The van der Waals surface area contributed by atoms with Crippen LogP contribution in [0.25, 0.3) is 0 Å². The number of carbonyl (C=O) groups excluding carboxylic acids is 2. The summed E-state index contributed by atoms with van der Waals surface area (Å²) in [4.78, 5) is 24.3. The Balaban J connectivity index is 3.62. The van der Waals surface area contributed by atoms with E-state index in [1.165, 1.54) is 116 Å². The van der Waals surface area contributed by atoms with Crippen LogP contribution in [0.4, 0.5) is 0 Å². The molecule has 0 heterocycles. The first-order valence-electron chi connectivity index (χ1n) is 22.5. The van der Waals surface area contributed by atoms with Crippen LogP contribution in [0.15, 0.2) is 72.9 Å². The van der Waals surface area contributed by atoms with Crippen molar-refractivity contribution in [3.63, 3.8) is 0 Å². The third-order valence-corrected chi connectivity index (χ3v) is 9.48. The average Bonchev–Trinajstić information content (AvgIpc) is 3.17. The lowest BCUT2D eigenvalue weighted by molar-refractivity contribution is -0.161. The Morgan fingerprint density at radius 2 is 0.796 bits per heavy atom. The predicted octanol–water partition coefficient (Wildman–Crippen LogP) is 14.5. The van der Waals surface area contributed by atoms with Gasteiger partial charge in [-0.1, -0.05) is 196 Å². The van der Waals surface area contributed by atoms with Gasteiger partial charge in [0.25, 0.3) is 0 Å². The average molecular weight is 753 g/mol.